The van der Waals surface area contributed by atoms with E-state index < -0.39 is 0 Å². The number of anilines is 1. The molecule has 5 heteroatoms. The zero-order valence-electron chi connectivity index (χ0n) is 16.3. The highest BCUT2D eigenvalue weighted by atomic mass is 15.3. The van der Waals surface area contributed by atoms with Gasteiger partial charge < -0.3 is 9.47 Å². The van der Waals surface area contributed by atoms with Gasteiger partial charge in [0.25, 0.3) is 0 Å². The predicted octanol–water partition coefficient (Wildman–Crippen LogP) is 4.87. The molecular weight excluding hydrogens is 358 g/mol. The Bertz CT molecular complexity index is 1100. The van der Waals surface area contributed by atoms with Crippen LogP contribution < -0.4 is 4.90 Å². The topological polar surface area (TPSA) is 46.8 Å². The van der Waals surface area contributed by atoms with Crippen molar-refractivity contribution in [2.45, 2.75) is 31.7 Å². The van der Waals surface area contributed by atoms with Gasteiger partial charge in [0.05, 0.1) is 0 Å². The van der Waals surface area contributed by atoms with E-state index in [1.54, 1.807) is 0 Å². The van der Waals surface area contributed by atoms with E-state index in [2.05, 4.69) is 73.2 Å². The van der Waals surface area contributed by atoms with Crippen molar-refractivity contribution in [1.29, 1.82) is 0 Å². The van der Waals surface area contributed by atoms with Gasteiger partial charge in [0.15, 0.2) is 5.82 Å². The first-order valence-electron chi connectivity index (χ1n) is 10.5. The Balaban J connectivity index is 1.37. The van der Waals surface area contributed by atoms with Crippen LogP contribution in [0.25, 0.3) is 17.0 Å². The number of rotatable bonds is 5. The fourth-order valence-corrected chi connectivity index (χ4v) is 4.20. The lowest BCUT2D eigenvalue weighted by atomic mass is 10.0. The Morgan fingerprint density at radius 2 is 1.76 bits per heavy atom. The monoisotopic (exact) mass is 381 g/mol. The second-order valence-corrected chi connectivity index (χ2v) is 8.22. The van der Waals surface area contributed by atoms with Crippen LogP contribution in [0.15, 0.2) is 73.0 Å². The summed E-state index contributed by atoms with van der Waals surface area (Å²) in [6, 6.07) is 13.5. The fraction of sp³-hybridized carbons (Fsp3) is 0.292. The molecule has 5 nitrogen and oxygen atoms in total. The summed E-state index contributed by atoms with van der Waals surface area (Å²) < 4.78 is 2.23. The lowest BCUT2D eigenvalue weighted by Crippen LogP contribution is -2.28. The molecule has 0 spiro atoms. The minimum absolute atomic E-state index is 0.571. The van der Waals surface area contributed by atoms with Gasteiger partial charge in [0, 0.05) is 41.9 Å². The van der Waals surface area contributed by atoms with Gasteiger partial charge in [-0.2, -0.15) is 0 Å². The Labute approximate surface area is 170 Å². The minimum Gasteiger partial charge on any atom is -0.340 e. The van der Waals surface area contributed by atoms with Gasteiger partial charge in [-0.25, -0.2) is 0 Å². The quantitative estimate of drug-likeness (QED) is 0.632. The maximum atomic E-state index is 4.42. The summed E-state index contributed by atoms with van der Waals surface area (Å²) in [7, 11) is 0. The van der Waals surface area contributed by atoms with E-state index in [1.807, 2.05) is 18.7 Å². The van der Waals surface area contributed by atoms with Crippen LogP contribution in [0, 0.1) is 5.92 Å². The van der Waals surface area contributed by atoms with Crippen LogP contribution in [0.2, 0.25) is 0 Å². The van der Waals surface area contributed by atoms with E-state index in [0.29, 0.717) is 12.0 Å². The van der Waals surface area contributed by atoms with Crippen molar-refractivity contribution in [3.63, 3.8) is 0 Å². The number of benzene rings is 1. The zero-order chi connectivity index (χ0) is 19.2. The molecule has 0 unspecified atom stereocenters. The number of hydrogen-bond acceptors (Lipinski definition) is 4. The van der Waals surface area contributed by atoms with Crippen LogP contribution in [0.4, 0.5) is 5.69 Å². The summed E-state index contributed by atoms with van der Waals surface area (Å²) in [5.41, 5.74) is 6.36. The third kappa shape index (κ3) is 3.16. The third-order valence-electron chi connectivity index (χ3n) is 6.07. The largest absolute Gasteiger partial charge is 0.340 e. The molecule has 0 amide bonds. The van der Waals surface area contributed by atoms with Gasteiger partial charge in [-0.3, -0.25) is 4.98 Å². The first-order chi connectivity index (χ1) is 14.4. The highest BCUT2D eigenvalue weighted by Crippen LogP contribution is 2.43. The van der Waals surface area contributed by atoms with Gasteiger partial charge in [-0.1, -0.05) is 18.2 Å². The Hall–Kier alpha value is -3.21. The van der Waals surface area contributed by atoms with Gasteiger partial charge in [-0.15, -0.1) is 10.2 Å². The molecule has 29 heavy (non-hydrogen) atoms. The molecule has 144 valence electrons. The van der Waals surface area contributed by atoms with E-state index in [9.17, 15) is 0 Å². The van der Waals surface area contributed by atoms with E-state index in [0.717, 1.165) is 17.9 Å². The highest BCUT2D eigenvalue weighted by Gasteiger charge is 2.32. The number of nitrogens with zero attached hydrogens (tertiary/aromatic N) is 5. The molecule has 2 saturated carbocycles. The standard InChI is InChI=1S/C24H23N5/c1-2-19(24-27-26-16-29(24)21-7-8-21)14-22(3-1)28-15-20(17-10-12-25-13-11-17)6-9-23(28)18-4-5-18/h1-3,6,9-14,16,18,21H,4-5,7-8,15H2. The fourth-order valence-electron chi connectivity index (χ4n) is 4.20. The molecule has 6 rings (SSSR count). The lowest BCUT2D eigenvalue weighted by Gasteiger charge is -2.32. The van der Waals surface area contributed by atoms with Crippen LogP contribution in [-0.4, -0.2) is 26.3 Å². The van der Waals surface area contributed by atoms with Crippen molar-refractivity contribution in [1.82, 2.24) is 19.7 Å². The highest BCUT2D eigenvalue weighted by molar-refractivity contribution is 5.77. The van der Waals surface area contributed by atoms with Crippen molar-refractivity contribution in [2.75, 3.05) is 11.4 Å². The molecule has 2 fully saturated rings. The summed E-state index contributed by atoms with van der Waals surface area (Å²) in [5.74, 6) is 1.66. The molecule has 2 aromatic heterocycles. The van der Waals surface area contributed by atoms with Gasteiger partial charge in [0.2, 0.25) is 0 Å². The van der Waals surface area contributed by atoms with Crippen molar-refractivity contribution in [2.24, 2.45) is 5.92 Å². The van der Waals surface area contributed by atoms with Crippen molar-refractivity contribution < 1.29 is 0 Å². The van der Waals surface area contributed by atoms with Gasteiger partial charge in [-0.05, 0) is 73.1 Å². The zero-order valence-corrected chi connectivity index (χ0v) is 16.3. The second kappa shape index (κ2) is 6.69. The average molecular weight is 381 g/mol. The van der Waals surface area contributed by atoms with E-state index in [1.165, 1.54) is 48.2 Å². The maximum Gasteiger partial charge on any atom is 0.164 e. The van der Waals surface area contributed by atoms with E-state index in [4.69, 9.17) is 0 Å². The molecule has 1 aromatic carbocycles. The first-order valence-corrected chi connectivity index (χ1v) is 10.5. The van der Waals surface area contributed by atoms with Crippen LogP contribution in [0.1, 0.15) is 37.3 Å². The summed E-state index contributed by atoms with van der Waals surface area (Å²) >= 11 is 0. The molecule has 3 aromatic rings. The third-order valence-corrected chi connectivity index (χ3v) is 6.07. The SMILES string of the molecule is C1=C(c2ccncc2)CN(c2cccc(-c3nncn3C3CC3)c2)C(C2CC2)=C1. The number of aromatic nitrogens is 4. The summed E-state index contributed by atoms with van der Waals surface area (Å²) in [6.07, 6.45) is 15.2. The average Bonchev–Trinajstić information content (AvgIpc) is 3.73. The number of pyridine rings is 1. The predicted molar refractivity (Wildman–Crippen MR) is 114 cm³/mol. The number of hydrogen-bond donors (Lipinski definition) is 0. The Morgan fingerprint density at radius 3 is 2.55 bits per heavy atom. The maximum absolute atomic E-state index is 4.42. The molecule has 3 heterocycles. The molecular formula is C24H23N5. The molecule has 0 radical (unpaired) electrons. The summed E-state index contributed by atoms with van der Waals surface area (Å²) in [4.78, 5) is 6.65. The van der Waals surface area contributed by atoms with Crippen LogP contribution in [0.5, 0.6) is 0 Å². The van der Waals surface area contributed by atoms with E-state index in [-0.39, 0.29) is 0 Å². The Morgan fingerprint density at radius 1 is 0.897 bits per heavy atom. The second-order valence-electron chi connectivity index (χ2n) is 8.22. The van der Waals surface area contributed by atoms with Crippen molar-refractivity contribution >= 4 is 11.3 Å². The van der Waals surface area contributed by atoms with Crippen LogP contribution in [-0.2, 0) is 0 Å². The minimum atomic E-state index is 0.571. The van der Waals surface area contributed by atoms with Gasteiger partial charge in [0.1, 0.15) is 6.33 Å². The summed E-state index contributed by atoms with van der Waals surface area (Å²) in [6.45, 7) is 0.880. The molecule has 0 bridgehead atoms. The molecule has 1 aliphatic heterocycles. The molecule has 0 N–H and O–H groups in total. The lowest BCUT2D eigenvalue weighted by molar-refractivity contribution is 0.746. The van der Waals surface area contributed by atoms with Crippen molar-refractivity contribution in [3.05, 3.63) is 78.5 Å². The summed E-state index contributed by atoms with van der Waals surface area (Å²) in [5, 5.41) is 8.60. The van der Waals surface area contributed by atoms with Crippen molar-refractivity contribution in [3.8, 4) is 11.4 Å². The molecule has 2 aliphatic carbocycles. The Kier molecular flexibility index (Phi) is 3.86. The number of allylic oxidation sites excluding steroid dienone is 3. The molecule has 3 aliphatic rings. The smallest absolute Gasteiger partial charge is 0.164 e. The molecule has 0 atom stereocenters. The van der Waals surface area contributed by atoms with Crippen LogP contribution >= 0.6 is 0 Å². The normalized spacial score (nSPS) is 19.1. The molecule has 0 saturated heterocycles. The first kappa shape index (κ1) is 16.7. The van der Waals surface area contributed by atoms with Crippen LogP contribution in [0.3, 0.4) is 0 Å². The van der Waals surface area contributed by atoms with Gasteiger partial charge >= 0.3 is 0 Å². The van der Waals surface area contributed by atoms with E-state index >= 15 is 0 Å².